The molecule has 8 heteroatoms. The molecule has 2 aromatic carbocycles. The average molecular weight is 496 g/mol. The molecule has 1 saturated heterocycles. The minimum absolute atomic E-state index is 0.106. The van der Waals surface area contributed by atoms with Gasteiger partial charge < -0.3 is 9.47 Å². The normalized spacial score (nSPS) is 16.7. The molecule has 1 fully saturated rings. The molecule has 0 radical (unpaired) electrons. The van der Waals surface area contributed by atoms with Crippen LogP contribution in [0, 0.1) is 0 Å². The lowest BCUT2D eigenvalue weighted by molar-refractivity contribution is -0.121. The fourth-order valence-electron chi connectivity index (χ4n) is 2.65. The van der Waals surface area contributed by atoms with E-state index in [9.17, 15) is 4.79 Å². The summed E-state index contributed by atoms with van der Waals surface area (Å²) >= 11 is 10.8. The van der Waals surface area contributed by atoms with Gasteiger partial charge in [0.05, 0.1) is 28.3 Å². The zero-order valence-corrected chi connectivity index (χ0v) is 19.4. The number of thioether (sulfide) groups is 1. The maximum absolute atomic E-state index is 12.7. The molecule has 0 bridgehead atoms. The molecule has 2 aromatic rings. The van der Waals surface area contributed by atoms with Crippen LogP contribution in [0.1, 0.15) is 19.4 Å². The van der Waals surface area contributed by atoms with E-state index < -0.39 is 0 Å². The zero-order chi connectivity index (χ0) is 21.0. The van der Waals surface area contributed by atoms with Crippen LogP contribution in [0.3, 0.4) is 0 Å². The van der Waals surface area contributed by atoms with Crippen LogP contribution in [0.15, 0.2) is 50.8 Å². The lowest BCUT2D eigenvalue weighted by Gasteiger charge is -2.13. The fraction of sp³-hybridized carbons (Fsp3) is 0.238. The zero-order valence-electron chi connectivity index (χ0n) is 16.2. The predicted molar refractivity (Wildman–Crippen MR) is 123 cm³/mol. The van der Waals surface area contributed by atoms with E-state index in [1.165, 1.54) is 16.7 Å². The SMILES string of the molecule is CCOc1cc(/C=C2\SC(=Nc3ccc(Cl)cc3)N(C)C2=O)cc(Br)c1OCC. The summed E-state index contributed by atoms with van der Waals surface area (Å²) < 4.78 is 12.2. The second kappa shape index (κ2) is 9.69. The number of ether oxygens (including phenoxy) is 2. The molecule has 1 aliphatic rings. The van der Waals surface area contributed by atoms with Crippen LogP contribution in [0.25, 0.3) is 6.08 Å². The summed E-state index contributed by atoms with van der Waals surface area (Å²) in [6, 6.07) is 10.9. The van der Waals surface area contributed by atoms with Crippen molar-refractivity contribution in [3.63, 3.8) is 0 Å². The van der Waals surface area contributed by atoms with Gasteiger partial charge in [-0.2, -0.15) is 0 Å². The Morgan fingerprint density at radius 3 is 2.52 bits per heavy atom. The lowest BCUT2D eigenvalue weighted by atomic mass is 10.2. The number of halogens is 2. The van der Waals surface area contributed by atoms with E-state index in [0.29, 0.717) is 39.8 Å². The van der Waals surface area contributed by atoms with Gasteiger partial charge in [-0.3, -0.25) is 9.69 Å². The number of aliphatic imine (C=N–C) groups is 1. The van der Waals surface area contributed by atoms with Gasteiger partial charge in [0, 0.05) is 12.1 Å². The summed E-state index contributed by atoms with van der Waals surface area (Å²) in [6.45, 7) is 4.88. The molecular formula is C21H20BrClN2O3S. The van der Waals surface area contributed by atoms with E-state index in [1.54, 1.807) is 19.2 Å². The summed E-state index contributed by atoms with van der Waals surface area (Å²) in [4.78, 5) is 19.4. The first-order valence-corrected chi connectivity index (χ1v) is 11.0. The van der Waals surface area contributed by atoms with Crippen LogP contribution in [-0.2, 0) is 4.79 Å². The maximum atomic E-state index is 12.7. The van der Waals surface area contributed by atoms with Crippen molar-refractivity contribution in [3.05, 3.63) is 56.4 Å². The number of rotatable bonds is 6. The van der Waals surface area contributed by atoms with Gasteiger partial charge in [0.2, 0.25) is 0 Å². The molecule has 0 saturated carbocycles. The summed E-state index contributed by atoms with van der Waals surface area (Å²) in [5, 5.41) is 1.25. The van der Waals surface area contributed by atoms with Crippen molar-refractivity contribution in [1.82, 2.24) is 4.90 Å². The highest BCUT2D eigenvalue weighted by molar-refractivity contribution is 9.10. The third-order valence-corrected chi connectivity index (χ3v) is 5.87. The van der Waals surface area contributed by atoms with Crippen molar-refractivity contribution in [3.8, 4) is 11.5 Å². The number of hydrogen-bond donors (Lipinski definition) is 0. The monoisotopic (exact) mass is 494 g/mol. The number of hydrogen-bond acceptors (Lipinski definition) is 5. The third-order valence-electron chi connectivity index (χ3n) is 3.97. The summed E-state index contributed by atoms with van der Waals surface area (Å²) in [6.07, 6.45) is 1.83. The van der Waals surface area contributed by atoms with E-state index in [1.807, 2.05) is 44.2 Å². The Kier molecular flexibility index (Phi) is 7.27. The largest absolute Gasteiger partial charge is 0.490 e. The van der Waals surface area contributed by atoms with E-state index in [2.05, 4.69) is 20.9 Å². The number of amides is 1. The van der Waals surface area contributed by atoms with Gasteiger partial charge in [-0.15, -0.1) is 0 Å². The van der Waals surface area contributed by atoms with Crippen LogP contribution in [0.4, 0.5) is 5.69 Å². The van der Waals surface area contributed by atoms with Crippen molar-refractivity contribution in [2.45, 2.75) is 13.8 Å². The summed E-state index contributed by atoms with van der Waals surface area (Å²) in [7, 11) is 1.71. The molecule has 1 aliphatic heterocycles. The van der Waals surface area contributed by atoms with Crippen molar-refractivity contribution in [2.24, 2.45) is 4.99 Å². The Morgan fingerprint density at radius 1 is 1.17 bits per heavy atom. The van der Waals surface area contributed by atoms with Crippen LogP contribution >= 0.6 is 39.3 Å². The highest BCUT2D eigenvalue weighted by Gasteiger charge is 2.30. The molecule has 0 aromatic heterocycles. The Morgan fingerprint density at radius 2 is 1.86 bits per heavy atom. The minimum Gasteiger partial charge on any atom is -0.490 e. The van der Waals surface area contributed by atoms with Crippen molar-refractivity contribution >= 4 is 62.1 Å². The summed E-state index contributed by atoms with van der Waals surface area (Å²) in [5.41, 5.74) is 1.57. The van der Waals surface area contributed by atoms with E-state index in [-0.39, 0.29) is 5.91 Å². The fourth-order valence-corrected chi connectivity index (χ4v) is 4.33. The van der Waals surface area contributed by atoms with Crippen LogP contribution in [0.2, 0.25) is 5.02 Å². The van der Waals surface area contributed by atoms with E-state index >= 15 is 0 Å². The highest BCUT2D eigenvalue weighted by Crippen LogP contribution is 2.39. The smallest absolute Gasteiger partial charge is 0.266 e. The first-order valence-electron chi connectivity index (χ1n) is 9.04. The van der Waals surface area contributed by atoms with Crippen molar-refractivity contribution in [1.29, 1.82) is 0 Å². The number of amidine groups is 1. The highest BCUT2D eigenvalue weighted by atomic mass is 79.9. The molecule has 3 rings (SSSR count). The topological polar surface area (TPSA) is 51.1 Å². The molecule has 1 amide bonds. The number of carbonyl (C=O) groups is 1. The second-order valence-corrected chi connectivity index (χ2v) is 8.34. The standard InChI is InChI=1S/C21H20BrClN2O3S/c1-4-27-17-11-13(10-16(22)19(17)28-5-2)12-18-20(26)25(3)21(29-18)24-15-8-6-14(23)7-9-15/h6-12H,4-5H2,1-3H3/b18-12-,24-21?. The molecule has 152 valence electrons. The Bertz CT molecular complexity index is 977. The van der Waals surface area contributed by atoms with E-state index in [4.69, 9.17) is 21.1 Å². The molecule has 29 heavy (non-hydrogen) atoms. The maximum Gasteiger partial charge on any atom is 0.266 e. The first kappa shape index (κ1) is 21.7. The molecule has 0 aliphatic carbocycles. The molecule has 0 N–H and O–H groups in total. The van der Waals surface area contributed by atoms with Gasteiger partial charge in [-0.25, -0.2) is 4.99 Å². The van der Waals surface area contributed by atoms with E-state index in [0.717, 1.165) is 15.7 Å². The summed E-state index contributed by atoms with van der Waals surface area (Å²) in [5.74, 6) is 1.18. The van der Waals surface area contributed by atoms with Crippen LogP contribution in [0.5, 0.6) is 11.5 Å². The number of likely N-dealkylation sites (N-methyl/N-ethyl adjacent to an activating group) is 1. The number of benzene rings is 2. The molecule has 5 nitrogen and oxygen atoms in total. The van der Waals surface area contributed by atoms with Crippen molar-refractivity contribution in [2.75, 3.05) is 20.3 Å². The minimum atomic E-state index is -0.106. The number of nitrogens with zero attached hydrogens (tertiary/aromatic N) is 2. The first-order chi connectivity index (χ1) is 13.9. The van der Waals surface area contributed by atoms with Crippen LogP contribution in [-0.4, -0.2) is 36.2 Å². The third kappa shape index (κ3) is 5.15. The van der Waals surface area contributed by atoms with Gasteiger partial charge >= 0.3 is 0 Å². The molecule has 1 heterocycles. The Hall–Kier alpha value is -1.96. The van der Waals surface area contributed by atoms with Crippen LogP contribution < -0.4 is 9.47 Å². The number of carbonyl (C=O) groups excluding carboxylic acids is 1. The Balaban J connectivity index is 1.92. The Labute approximate surface area is 187 Å². The van der Waals surface area contributed by atoms with Crippen molar-refractivity contribution < 1.29 is 14.3 Å². The molecule has 0 atom stereocenters. The van der Waals surface area contributed by atoms with Gasteiger partial charge in [-0.05, 0) is 89.6 Å². The van der Waals surface area contributed by atoms with Gasteiger partial charge in [0.25, 0.3) is 5.91 Å². The predicted octanol–water partition coefficient (Wildman–Crippen LogP) is 6.13. The average Bonchev–Trinajstić information content (AvgIpc) is 2.94. The van der Waals surface area contributed by atoms with Gasteiger partial charge in [0.1, 0.15) is 0 Å². The molecular weight excluding hydrogens is 476 g/mol. The van der Waals surface area contributed by atoms with Gasteiger partial charge in [-0.1, -0.05) is 11.6 Å². The lowest BCUT2D eigenvalue weighted by Crippen LogP contribution is -2.23. The molecule has 0 unspecified atom stereocenters. The quantitative estimate of drug-likeness (QED) is 0.452. The van der Waals surface area contributed by atoms with Gasteiger partial charge in [0.15, 0.2) is 16.7 Å². The second-order valence-electron chi connectivity index (χ2n) is 6.04. The molecule has 0 spiro atoms.